The summed E-state index contributed by atoms with van der Waals surface area (Å²) in [6.07, 6.45) is 0. The van der Waals surface area contributed by atoms with Crippen molar-refractivity contribution >= 4 is 38.9 Å². The molecule has 6 aromatic carbocycles. The number of fused-ring (bicyclic) bond motifs is 6. The van der Waals surface area contributed by atoms with Gasteiger partial charge in [0.15, 0.2) is 0 Å². The quantitative estimate of drug-likeness (QED) is 0.223. The second kappa shape index (κ2) is 9.89. The lowest BCUT2D eigenvalue weighted by Gasteiger charge is -2.28. The van der Waals surface area contributed by atoms with Gasteiger partial charge in [-0.15, -0.1) is 0 Å². The Morgan fingerprint density at radius 3 is 1.98 bits per heavy atom. The summed E-state index contributed by atoms with van der Waals surface area (Å²) < 4.78 is 5.46. The molecule has 8 rings (SSSR count). The van der Waals surface area contributed by atoms with Gasteiger partial charge in [-0.05, 0) is 95.4 Å². The molecular weight excluding hydrogens is 536 g/mol. The Hall–Kier alpha value is -5.28. The van der Waals surface area contributed by atoms with E-state index in [4.69, 9.17) is 4.74 Å². The highest BCUT2D eigenvalue weighted by molar-refractivity contribution is 6.12. The fourth-order valence-electron chi connectivity index (χ4n) is 7.02. The van der Waals surface area contributed by atoms with E-state index in [0.29, 0.717) is 0 Å². The smallest absolute Gasteiger partial charge is 0.119 e. The topological polar surface area (TPSA) is 28.3 Å². The maximum Gasteiger partial charge on any atom is 0.119 e. The van der Waals surface area contributed by atoms with Gasteiger partial charge < -0.3 is 14.6 Å². The van der Waals surface area contributed by atoms with Crippen LogP contribution in [0.2, 0.25) is 0 Å². The van der Waals surface area contributed by atoms with E-state index >= 15 is 0 Å². The third-order valence-corrected chi connectivity index (χ3v) is 9.39. The molecule has 44 heavy (non-hydrogen) atoms. The van der Waals surface area contributed by atoms with Crippen LogP contribution in [0, 0.1) is 6.92 Å². The van der Waals surface area contributed by atoms with Crippen LogP contribution in [0.5, 0.6) is 5.75 Å². The normalized spacial score (nSPS) is 13.2. The standard InChI is InChI=1S/C41H34N2O/c1-26-12-15-28(16-13-26)43(29-17-20-31(44-4)21-18-29)30-19-23-34-33-22-14-27(24-37(33)41(2,3)38(34)25-30)32-9-7-10-36-35-8-5-6-11-39(35)42-40(32)36/h5-25,42H,1-4H3. The lowest BCUT2D eigenvalue weighted by Crippen LogP contribution is -2.16. The SMILES string of the molecule is COc1ccc(N(c2ccc(C)cc2)c2ccc3c(c2)C(C)(C)c2cc(-c4cccc5c4[nH]c4ccccc45)ccc2-3)cc1. The number of ether oxygens (including phenoxy) is 1. The minimum Gasteiger partial charge on any atom is -0.497 e. The molecule has 1 aliphatic carbocycles. The van der Waals surface area contributed by atoms with Crippen molar-refractivity contribution in [2.75, 3.05) is 12.0 Å². The van der Waals surface area contributed by atoms with E-state index in [9.17, 15) is 0 Å². The Balaban J connectivity index is 1.24. The fraction of sp³-hybridized carbons (Fsp3) is 0.122. The zero-order valence-corrected chi connectivity index (χ0v) is 25.5. The predicted molar refractivity (Wildman–Crippen MR) is 185 cm³/mol. The van der Waals surface area contributed by atoms with Crippen molar-refractivity contribution in [2.24, 2.45) is 0 Å². The summed E-state index contributed by atoms with van der Waals surface area (Å²) in [6.45, 7) is 6.85. The van der Waals surface area contributed by atoms with Crippen molar-refractivity contribution < 1.29 is 4.74 Å². The van der Waals surface area contributed by atoms with Crippen LogP contribution in [0.1, 0.15) is 30.5 Å². The van der Waals surface area contributed by atoms with Crippen LogP contribution in [-0.2, 0) is 5.41 Å². The number of anilines is 3. The predicted octanol–water partition coefficient (Wildman–Crippen LogP) is 11.1. The zero-order valence-electron chi connectivity index (χ0n) is 25.5. The van der Waals surface area contributed by atoms with Crippen LogP contribution in [0.4, 0.5) is 17.1 Å². The van der Waals surface area contributed by atoms with Gasteiger partial charge in [0.05, 0.1) is 12.6 Å². The Labute approximate surface area is 258 Å². The first-order chi connectivity index (χ1) is 21.4. The van der Waals surface area contributed by atoms with Gasteiger partial charge in [0.1, 0.15) is 5.75 Å². The zero-order chi connectivity index (χ0) is 30.0. The molecule has 0 fully saturated rings. The van der Waals surface area contributed by atoms with E-state index in [1.165, 1.54) is 60.8 Å². The highest BCUT2D eigenvalue weighted by Gasteiger charge is 2.36. The molecule has 0 saturated carbocycles. The summed E-state index contributed by atoms with van der Waals surface area (Å²) in [6, 6.07) is 46.2. The molecule has 3 nitrogen and oxygen atoms in total. The molecule has 0 bridgehead atoms. The molecule has 3 heteroatoms. The van der Waals surface area contributed by atoms with Gasteiger partial charge in [-0.25, -0.2) is 0 Å². The first-order valence-corrected chi connectivity index (χ1v) is 15.2. The molecule has 1 aliphatic rings. The largest absolute Gasteiger partial charge is 0.497 e. The maximum absolute atomic E-state index is 5.46. The van der Waals surface area contributed by atoms with Crippen LogP contribution >= 0.6 is 0 Å². The molecule has 0 radical (unpaired) electrons. The van der Waals surface area contributed by atoms with Crippen LogP contribution in [-0.4, -0.2) is 12.1 Å². The minimum atomic E-state index is -0.163. The number of nitrogens with zero attached hydrogens (tertiary/aromatic N) is 1. The molecule has 7 aromatic rings. The van der Waals surface area contributed by atoms with Gasteiger partial charge in [0.25, 0.3) is 0 Å². The maximum atomic E-state index is 5.46. The summed E-state index contributed by atoms with van der Waals surface area (Å²) in [5.41, 5.74) is 14.6. The van der Waals surface area contributed by atoms with Gasteiger partial charge in [-0.1, -0.05) is 86.1 Å². The fourth-order valence-corrected chi connectivity index (χ4v) is 7.02. The van der Waals surface area contributed by atoms with Gasteiger partial charge in [-0.3, -0.25) is 0 Å². The molecular formula is C41H34N2O. The highest BCUT2D eigenvalue weighted by atomic mass is 16.5. The second-order valence-corrected chi connectivity index (χ2v) is 12.4. The van der Waals surface area contributed by atoms with Crippen LogP contribution in [0.25, 0.3) is 44.1 Å². The van der Waals surface area contributed by atoms with E-state index in [1.807, 2.05) is 12.1 Å². The summed E-state index contributed by atoms with van der Waals surface area (Å²) in [5, 5.41) is 2.53. The van der Waals surface area contributed by atoms with E-state index < -0.39 is 0 Å². The van der Waals surface area contributed by atoms with Crippen molar-refractivity contribution in [1.29, 1.82) is 0 Å². The number of aromatic nitrogens is 1. The number of methoxy groups -OCH3 is 1. The number of rotatable bonds is 5. The van der Waals surface area contributed by atoms with Gasteiger partial charge in [-0.2, -0.15) is 0 Å². The van der Waals surface area contributed by atoms with Crippen LogP contribution in [0.15, 0.2) is 127 Å². The summed E-state index contributed by atoms with van der Waals surface area (Å²) in [7, 11) is 1.71. The van der Waals surface area contributed by atoms with Gasteiger partial charge >= 0.3 is 0 Å². The lowest BCUT2D eigenvalue weighted by atomic mass is 9.81. The number of hydrogen-bond donors (Lipinski definition) is 1. The van der Waals surface area contributed by atoms with Crippen LogP contribution in [0.3, 0.4) is 0 Å². The third kappa shape index (κ3) is 4.04. The molecule has 0 spiro atoms. The Morgan fingerprint density at radius 1 is 0.591 bits per heavy atom. The first-order valence-electron chi connectivity index (χ1n) is 15.2. The minimum absolute atomic E-state index is 0.163. The molecule has 0 amide bonds. The van der Waals surface area contributed by atoms with Gasteiger partial charge in [0.2, 0.25) is 0 Å². The molecule has 1 aromatic heterocycles. The van der Waals surface area contributed by atoms with Crippen molar-refractivity contribution in [3.63, 3.8) is 0 Å². The number of nitrogens with one attached hydrogen (secondary N) is 1. The van der Waals surface area contributed by atoms with Crippen molar-refractivity contribution in [2.45, 2.75) is 26.2 Å². The Kier molecular flexibility index (Phi) is 5.92. The second-order valence-electron chi connectivity index (χ2n) is 12.4. The number of benzene rings is 6. The highest BCUT2D eigenvalue weighted by Crippen LogP contribution is 2.52. The molecule has 1 N–H and O–H groups in total. The van der Waals surface area contributed by atoms with Crippen molar-refractivity contribution in [1.82, 2.24) is 4.98 Å². The number of para-hydroxylation sites is 2. The average Bonchev–Trinajstić information content (AvgIpc) is 3.54. The summed E-state index contributed by atoms with van der Waals surface area (Å²) in [5.74, 6) is 0.849. The monoisotopic (exact) mass is 570 g/mol. The number of aromatic amines is 1. The molecule has 0 unspecified atom stereocenters. The Morgan fingerprint density at radius 2 is 1.23 bits per heavy atom. The van der Waals surface area contributed by atoms with Crippen molar-refractivity contribution in [3.8, 4) is 28.0 Å². The number of H-pyrrole nitrogens is 1. The summed E-state index contributed by atoms with van der Waals surface area (Å²) >= 11 is 0. The lowest BCUT2D eigenvalue weighted by molar-refractivity contribution is 0.415. The number of hydrogen-bond acceptors (Lipinski definition) is 2. The summed E-state index contributed by atoms with van der Waals surface area (Å²) in [4.78, 5) is 6.03. The van der Waals surface area contributed by atoms with E-state index in [1.54, 1.807) is 7.11 Å². The van der Waals surface area contributed by atoms with E-state index in [-0.39, 0.29) is 5.41 Å². The molecule has 0 atom stereocenters. The molecule has 214 valence electrons. The molecule has 0 aliphatic heterocycles. The van der Waals surface area contributed by atoms with Crippen molar-refractivity contribution in [3.05, 3.63) is 144 Å². The number of aryl methyl sites for hydroxylation is 1. The van der Waals surface area contributed by atoms with E-state index in [2.05, 4.69) is 146 Å². The van der Waals surface area contributed by atoms with Gasteiger partial charge in [0, 0.05) is 44.3 Å². The average molecular weight is 571 g/mol. The third-order valence-electron chi connectivity index (χ3n) is 9.39. The van der Waals surface area contributed by atoms with Crippen LogP contribution < -0.4 is 9.64 Å². The Bertz CT molecular complexity index is 2190. The first kappa shape index (κ1) is 26.4. The molecule has 0 saturated heterocycles. The molecule has 1 heterocycles. The van der Waals surface area contributed by atoms with E-state index in [0.717, 1.165) is 22.8 Å².